The van der Waals surface area contributed by atoms with Crippen molar-refractivity contribution in [3.8, 4) is 5.75 Å². The molecular formula is C22H24N2O5. The van der Waals surface area contributed by atoms with Crippen LogP contribution in [-0.2, 0) is 19.3 Å². The van der Waals surface area contributed by atoms with E-state index in [9.17, 15) is 19.8 Å². The molecule has 29 heavy (non-hydrogen) atoms. The Balaban J connectivity index is 1.56. The van der Waals surface area contributed by atoms with Gasteiger partial charge in [0.15, 0.2) is 0 Å². The van der Waals surface area contributed by atoms with Gasteiger partial charge in [-0.2, -0.15) is 0 Å². The number of ether oxygens (including phenoxy) is 1. The van der Waals surface area contributed by atoms with Crippen molar-refractivity contribution in [1.82, 2.24) is 4.98 Å². The molecule has 7 nitrogen and oxygen atoms in total. The minimum Gasteiger partial charge on any atom is -0.496 e. The van der Waals surface area contributed by atoms with Crippen LogP contribution >= 0.6 is 0 Å². The molecular weight excluding hydrogens is 372 g/mol. The van der Waals surface area contributed by atoms with E-state index in [0.717, 1.165) is 49.0 Å². The van der Waals surface area contributed by atoms with Crippen molar-refractivity contribution in [3.05, 3.63) is 52.2 Å². The summed E-state index contributed by atoms with van der Waals surface area (Å²) in [5.74, 6) is -0.399. The van der Waals surface area contributed by atoms with Gasteiger partial charge in [-0.25, -0.2) is 14.6 Å². The zero-order valence-electron chi connectivity index (χ0n) is 16.4. The highest BCUT2D eigenvalue weighted by Crippen LogP contribution is 2.33. The Kier molecular flexibility index (Phi) is 5.13. The standard InChI is InChI=1S/C22H24N2O5/c1-29-19-6-5-15(21(25)26)10-16(19)9-13-7-8-24(12-13)20-17(22(27)28)11-14-3-2-4-18(14)23-20/h5-6,10-11,13H,2-4,7-9,12H2,1H3,(H,25,26)(H,27,28). The molecule has 0 bridgehead atoms. The molecule has 0 amide bonds. The van der Waals surface area contributed by atoms with Crippen molar-refractivity contribution in [2.24, 2.45) is 5.92 Å². The molecule has 152 valence electrons. The molecule has 1 aromatic heterocycles. The molecule has 2 heterocycles. The van der Waals surface area contributed by atoms with Crippen molar-refractivity contribution < 1.29 is 24.5 Å². The Morgan fingerprint density at radius 3 is 2.76 bits per heavy atom. The molecule has 1 atom stereocenters. The van der Waals surface area contributed by atoms with Crippen LogP contribution in [0.5, 0.6) is 5.75 Å². The number of aromatic nitrogens is 1. The number of fused-ring (bicyclic) bond motifs is 1. The Hall–Kier alpha value is -3.09. The van der Waals surface area contributed by atoms with Gasteiger partial charge in [0.25, 0.3) is 0 Å². The third-order valence-corrected chi connectivity index (χ3v) is 5.88. The summed E-state index contributed by atoms with van der Waals surface area (Å²) in [6.45, 7) is 1.42. The molecule has 2 aliphatic rings. The predicted molar refractivity (Wildman–Crippen MR) is 107 cm³/mol. The number of anilines is 1. The highest BCUT2D eigenvalue weighted by molar-refractivity contribution is 5.94. The molecule has 1 unspecified atom stereocenters. The molecule has 4 rings (SSSR count). The Morgan fingerprint density at radius 1 is 1.21 bits per heavy atom. The van der Waals surface area contributed by atoms with Crippen LogP contribution in [0.3, 0.4) is 0 Å². The largest absolute Gasteiger partial charge is 0.496 e. The van der Waals surface area contributed by atoms with Gasteiger partial charge in [-0.15, -0.1) is 0 Å². The van der Waals surface area contributed by atoms with Crippen molar-refractivity contribution >= 4 is 17.8 Å². The van der Waals surface area contributed by atoms with Crippen molar-refractivity contribution in [1.29, 1.82) is 0 Å². The maximum absolute atomic E-state index is 11.8. The van der Waals surface area contributed by atoms with Gasteiger partial charge in [0, 0.05) is 18.8 Å². The number of aryl methyl sites for hydroxylation is 2. The van der Waals surface area contributed by atoms with Crippen LogP contribution < -0.4 is 9.64 Å². The number of pyridine rings is 1. The number of carbonyl (C=O) groups is 2. The second kappa shape index (κ2) is 7.73. The van der Waals surface area contributed by atoms with Crippen LogP contribution in [-0.4, -0.2) is 47.3 Å². The SMILES string of the molecule is COc1ccc(C(=O)O)cc1CC1CCN(c2nc3c(cc2C(=O)O)CCC3)C1. The fourth-order valence-corrected chi connectivity index (χ4v) is 4.43. The first kappa shape index (κ1) is 19.2. The lowest BCUT2D eigenvalue weighted by Crippen LogP contribution is -2.24. The van der Waals surface area contributed by atoms with Crippen molar-refractivity contribution in [3.63, 3.8) is 0 Å². The fourth-order valence-electron chi connectivity index (χ4n) is 4.43. The topological polar surface area (TPSA) is 100.0 Å². The molecule has 0 saturated carbocycles. The molecule has 0 radical (unpaired) electrons. The van der Waals surface area contributed by atoms with Crippen LogP contribution in [0.1, 0.15) is 50.4 Å². The van der Waals surface area contributed by atoms with Crippen LogP contribution in [0.25, 0.3) is 0 Å². The average molecular weight is 396 g/mol. The van der Waals surface area contributed by atoms with E-state index in [-0.39, 0.29) is 17.0 Å². The van der Waals surface area contributed by atoms with Gasteiger partial charge < -0.3 is 19.8 Å². The summed E-state index contributed by atoms with van der Waals surface area (Å²) in [7, 11) is 1.58. The van der Waals surface area contributed by atoms with E-state index in [2.05, 4.69) is 4.90 Å². The lowest BCUT2D eigenvalue weighted by molar-refractivity contribution is 0.0686. The van der Waals surface area contributed by atoms with Crippen LogP contribution in [0.15, 0.2) is 24.3 Å². The maximum Gasteiger partial charge on any atom is 0.339 e. The second-order valence-electron chi connectivity index (χ2n) is 7.76. The Bertz CT molecular complexity index is 972. The first-order chi connectivity index (χ1) is 14.0. The minimum atomic E-state index is -0.963. The van der Waals surface area contributed by atoms with E-state index in [1.54, 1.807) is 31.4 Å². The summed E-state index contributed by atoms with van der Waals surface area (Å²) in [4.78, 5) is 29.9. The summed E-state index contributed by atoms with van der Waals surface area (Å²) in [6.07, 6.45) is 4.38. The van der Waals surface area contributed by atoms with Gasteiger partial charge in [0.2, 0.25) is 0 Å². The summed E-state index contributed by atoms with van der Waals surface area (Å²) in [5.41, 5.74) is 3.45. The molecule has 1 aromatic carbocycles. The van der Waals surface area contributed by atoms with Crippen LogP contribution in [0.2, 0.25) is 0 Å². The van der Waals surface area contributed by atoms with Gasteiger partial charge in [0.05, 0.1) is 12.7 Å². The first-order valence-electron chi connectivity index (χ1n) is 9.87. The third kappa shape index (κ3) is 3.77. The van der Waals surface area contributed by atoms with E-state index in [4.69, 9.17) is 9.72 Å². The molecule has 1 aliphatic heterocycles. The monoisotopic (exact) mass is 396 g/mol. The minimum absolute atomic E-state index is 0.240. The van der Waals surface area contributed by atoms with Gasteiger partial charge >= 0.3 is 11.9 Å². The summed E-state index contributed by atoms with van der Waals surface area (Å²) >= 11 is 0. The number of carboxylic acids is 2. The lowest BCUT2D eigenvalue weighted by Gasteiger charge is -2.21. The highest BCUT2D eigenvalue weighted by atomic mass is 16.5. The molecule has 1 saturated heterocycles. The normalized spacial score (nSPS) is 18.0. The smallest absolute Gasteiger partial charge is 0.339 e. The lowest BCUT2D eigenvalue weighted by atomic mass is 9.96. The summed E-state index contributed by atoms with van der Waals surface area (Å²) in [5, 5.41) is 18.9. The Labute approximate surface area is 168 Å². The number of methoxy groups -OCH3 is 1. The maximum atomic E-state index is 11.8. The first-order valence-corrected chi connectivity index (χ1v) is 9.87. The van der Waals surface area contributed by atoms with Crippen molar-refractivity contribution in [2.75, 3.05) is 25.1 Å². The molecule has 0 spiro atoms. The van der Waals surface area contributed by atoms with Gasteiger partial charge in [0.1, 0.15) is 17.1 Å². The van der Waals surface area contributed by atoms with E-state index >= 15 is 0 Å². The van der Waals surface area contributed by atoms with Gasteiger partial charge in [-0.05, 0) is 73.4 Å². The second-order valence-corrected chi connectivity index (χ2v) is 7.76. The van der Waals surface area contributed by atoms with Crippen LogP contribution in [0, 0.1) is 5.92 Å². The fraction of sp³-hybridized carbons (Fsp3) is 0.409. The average Bonchev–Trinajstić information content (AvgIpc) is 3.35. The highest BCUT2D eigenvalue weighted by Gasteiger charge is 2.29. The van der Waals surface area contributed by atoms with Gasteiger partial charge in [-0.1, -0.05) is 0 Å². The molecule has 2 aromatic rings. The summed E-state index contributed by atoms with van der Waals surface area (Å²) < 4.78 is 5.41. The third-order valence-electron chi connectivity index (χ3n) is 5.88. The van der Waals surface area contributed by atoms with Crippen molar-refractivity contribution in [2.45, 2.75) is 32.1 Å². The predicted octanol–water partition coefficient (Wildman–Crippen LogP) is 3.04. The molecule has 2 N–H and O–H groups in total. The number of aromatic carboxylic acids is 2. The Morgan fingerprint density at radius 2 is 2.03 bits per heavy atom. The molecule has 7 heteroatoms. The van der Waals surface area contributed by atoms with Crippen LogP contribution in [0.4, 0.5) is 5.82 Å². The number of nitrogens with zero attached hydrogens (tertiary/aromatic N) is 2. The number of carboxylic acid groups (broad SMARTS) is 2. The zero-order valence-corrected chi connectivity index (χ0v) is 16.4. The number of hydrogen-bond donors (Lipinski definition) is 2. The molecule has 1 aliphatic carbocycles. The van der Waals surface area contributed by atoms with E-state index < -0.39 is 11.9 Å². The number of hydrogen-bond acceptors (Lipinski definition) is 5. The van der Waals surface area contributed by atoms with E-state index in [1.165, 1.54) is 0 Å². The quantitative estimate of drug-likeness (QED) is 0.774. The number of rotatable bonds is 6. The number of benzene rings is 1. The van der Waals surface area contributed by atoms with E-state index in [0.29, 0.717) is 24.5 Å². The molecule has 1 fully saturated rings. The van der Waals surface area contributed by atoms with E-state index in [1.807, 2.05) is 0 Å². The zero-order chi connectivity index (χ0) is 20.5. The van der Waals surface area contributed by atoms with Gasteiger partial charge in [-0.3, -0.25) is 0 Å². The summed E-state index contributed by atoms with van der Waals surface area (Å²) in [6, 6.07) is 6.69.